The molecule has 0 spiro atoms. The molecule has 10 nitrogen and oxygen atoms in total. The molecule has 0 bridgehead atoms. The first kappa shape index (κ1) is 21.3. The second-order valence-corrected chi connectivity index (χ2v) is 5.67. The average Bonchev–Trinajstić information content (AvgIpc) is 2.59. The third-order valence-corrected chi connectivity index (χ3v) is 3.83. The lowest BCUT2D eigenvalue weighted by Crippen LogP contribution is -2.67. The van der Waals surface area contributed by atoms with Gasteiger partial charge in [-0.1, -0.05) is 0 Å². The number of hydrogen-bond acceptors (Lipinski definition) is 9. The van der Waals surface area contributed by atoms with Crippen LogP contribution in [0.3, 0.4) is 0 Å². The summed E-state index contributed by atoms with van der Waals surface area (Å²) in [5, 5.41) is 51.6. The number of ether oxygens (including phenoxy) is 2. The zero-order valence-electron chi connectivity index (χ0n) is 13.7. The Bertz CT molecular complexity index is 520. The van der Waals surface area contributed by atoms with Gasteiger partial charge in [0.25, 0.3) is 5.79 Å². The summed E-state index contributed by atoms with van der Waals surface area (Å²) < 4.78 is 9.54. The van der Waals surface area contributed by atoms with Gasteiger partial charge in [0.2, 0.25) is 5.91 Å². The Balaban J connectivity index is 3.05. The third kappa shape index (κ3) is 5.12. The van der Waals surface area contributed by atoms with Gasteiger partial charge in [0.05, 0.1) is 25.9 Å². The Kier molecular flexibility index (Phi) is 7.75. The topological polar surface area (TPSA) is 166 Å². The van der Waals surface area contributed by atoms with Crippen molar-refractivity contribution in [2.75, 3.05) is 13.7 Å². The molecule has 0 aromatic carbocycles. The zero-order chi connectivity index (χ0) is 19.2. The molecule has 1 aliphatic rings. The van der Waals surface area contributed by atoms with Crippen LogP contribution in [0.25, 0.3) is 0 Å². The first-order valence-corrected chi connectivity index (χ1v) is 7.56. The average molecular weight is 361 g/mol. The van der Waals surface area contributed by atoms with E-state index in [1.54, 1.807) is 0 Å². The van der Waals surface area contributed by atoms with Gasteiger partial charge in [-0.15, -0.1) is 12.3 Å². The van der Waals surface area contributed by atoms with Crippen LogP contribution >= 0.6 is 0 Å². The molecule has 1 heterocycles. The molecule has 0 aromatic heterocycles. The molecule has 0 saturated carbocycles. The van der Waals surface area contributed by atoms with Crippen molar-refractivity contribution in [1.82, 2.24) is 5.32 Å². The first-order chi connectivity index (χ1) is 11.7. The van der Waals surface area contributed by atoms with Crippen molar-refractivity contribution in [1.29, 1.82) is 0 Å². The van der Waals surface area contributed by atoms with Gasteiger partial charge in [0, 0.05) is 19.3 Å². The van der Waals surface area contributed by atoms with Gasteiger partial charge in [0.15, 0.2) is 0 Å². The summed E-state index contributed by atoms with van der Waals surface area (Å²) in [6.07, 6.45) is -2.16. The molecule has 25 heavy (non-hydrogen) atoms. The Morgan fingerprint density at radius 1 is 1.48 bits per heavy atom. The molecular weight excluding hydrogens is 338 g/mol. The summed E-state index contributed by atoms with van der Waals surface area (Å²) in [6, 6.07) is -1.27. The number of carbonyl (C=O) groups is 2. The Hall–Kier alpha value is -1.74. The largest absolute Gasteiger partial charge is 0.465 e. The van der Waals surface area contributed by atoms with E-state index < -0.39 is 61.1 Å². The number of esters is 1. The highest BCUT2D eigenvalue weighted by atomic mass is 16.7. The van der Waals surface area contributed by atoms with E-state index in [0.717, 1.165) is 7.11 Å². The van der Waals surface area contributed by atoms with E-state index in [-0.39, 0.29) is 12.8 Å². The van der Waals surface area contributed by atoms with Crippen LogP contribution in [0.1, 0.15) is 19.3 Å². The normalized spacial score (nSPS) is 31.5. The minimum absolute atomic E-state index is 0.0631. The van der Waals surface area contributed by atoms with Gasteiger partial charge in [-0.25, -0.2) is 4.79 Å². The molecule has 0 aliphatic carbocycles. The number of methoxy groups -OCH3 is 1. The van der Waals surface area contributed by atoms with Gasteiger partial charge in [-0.2, -0.15) is 0 Å². The fourth-order valence-corrected chi connectivity index (χ4v) is 2.50. The van der Waals surface area contributed by atoms with Crippen LogP contribution in [0, 0.1) is 12.3 Å². The van der Waals surface area contributed by atoms with Gasteiger partial charge < -0.3 is 40.3 Å². The highest BCUT2D eigenvalue weighted by molar-refractivity contribution is 5.78. The molecule has 1 fully saturated rings. The van der Waals surface area contributed by atoms with Crippen LogP contribution in [0.15, 0.2) is 0 Å². The molecule has 1 saturated heterocycles. The minimum atomic E-state index is -2.59. The van der Waals surface area contributed by atoms with Crippen molar-refractivity contribution in [3.63, 3.8) is 0 Å². The van der Waals surface area contributed by atoms with Crippen LogP contribution in [-0.4, -0.2) is 87.4 Å². The van der Waals surface area contributed by atoms with Gasteiger partial charge in [-0.3, -0.25) is 4.79 Å². The predicted octanol–water partition coefficient (Wildman–Crippen LogP) is -3.39. The Morgan fingerprint density at radius 3 is 2.64 bits per heavy atom. The van der Waals surface area contributed by atoms with Gasteiger partial charge >= 0.3 is 5.97 Å². The molecule has 6 atom stereocenters. The number of aliphatic hydroxyl groups excluding tert-OH is 4. The lowest BCUT2D eigenvalue weighted by Gasteiger charge is -2.45. The van der Waals surface area contributed by atoms with E-state index in [9.17, 15) is 30.0 Å². The quantitative estimate of drug-likeness (QED) is 0.200. The summed E-state index contributed by atoms with van der Waals surface area (Å²) in [5.74, 6) is -2.11. The molecule has 4 unspecified atom stereocenters. The van der Waals surface area contributed by atoms with Crippen molar-refractivity contribution >= 4 is 11.9 Å². The van der Waals surface area contributed by atoms with E-state index in [0.29, 0.717) is 0 Å². The third-order valence-electron chi connectivity index (χ3n) is 3.83. The number of terminal acetylenes is 1. The maximum absolute atomic E-state index is 11.9. The number of amides is 1. The van der Waals surface area contributed by atoms with Crippen LogP contribution in [0.2, 0.25) is 0 Å². The van der Waals surface area contributed by atoms with Crippen LogP contribution in [0.4, 0.5) is 0 Å². The highest BCUT2D eigenvalue weighted by Crippen LogP contribution is 2.31. The molecule has 142 valence electrons. The van der Waals surface area contributed by atoms with E-state index in [4.69, 9.17) is 16.3 Å². The lowest BCUT2D eigenvalue weighted by molar-refractivity contribution is -0.296. The standard InChI is InChI=1S/C15H23NO9/c1-3-4-5-10(20)16-11-8(18)6-15(23,14(22)24-2)25-13(11)12(21)9(19)7-17/h1,8-9,11-13,17-19,21,23H,4-7H2,2H3,(H,16,20)/t8?,9-,11?,12-,13?,15?/m1/s1. The smallest absolute Gasteiger partial charge is 0.366 e. The van der Waals surface area contributed by atoms with Crippen molar-refractivity contribution in [3.05, 3.63) is 0 Å². The zero-order valence-corrected chi connectivity index (χ0v) is 13.7. The second kappa shape index (κ2) is 9.10. The minimum Gasteiger partial charge on any atom is -0.465 e. The molecule has 1 aliphatic heterocycles. The van der Waals surface area contributed by atoms with Crippen molar-refractivity contribution in [2.45, 2.75) is 55.5 Å². The predicted molar refractivity (Wildman–Crippen MR) is 81.6 cm³/mol. The Labute approximate surface area is 144 Å². The van der Waals surface area contributed by atoms with E-state index in [1.165, 1.54) is 0 Å². The molecule has 0 radical (unpaired) electrons. The summed E-state index contributed by atoms with van der Waals surface area (Å²) in [5.41, 5.74) is 0. The SMILES string of the molecule is C#CCCC(=O)NC1C(O)CC(O)(C(=O)OC)OC1[C@H](O)[C@H](O)CO. The van der Waals surface area contributed by atoms with Crippen molar-refractivity contribution in [3.8, 4) is 12.3 Å². The molecular formula is C15H23NO9. The summed E-state index contributed by atoms with van der Waals surface area (Å²) in [4.78, 5) is 23.6. The molecule has 10 heteroatoms. The van der Waals surface area contributed by atoms with Crippen LogP contribution < -0.4 is 5.32 Å². The lowest BCUT2D eigenvalue weighted by atomic mass is 9.88. The second-order valence-electron chi connectivity index (χ2n) is 5.67. The molecule has 1 rings (SSSR count). The van der Waals surface area contributed by atoms with Crippen molar-refractivity contribution < 1.29 is 44.6 Å². The van der Waals surface area contributed by atoms with E-state index >= 15 is 0 Å². The number of hydrogen-bond donors (Lipinski definition) is 6. The van der Waals surface area contributed by atoms with Crippen LogP contribution in [0.5, 0.6) is 0 Å². The fraction of sp³-hybridized carbons (Fsp3) is 0.733. The maximum atomic E-state index is 11.9. The van der Waals surface area contributed by atoms with Crippen molar-refractivity contribution in [2.24, 2.45) is 0 Å². The monoisotopic (exact) mass is 361 g/mol. The first-order valence-electron chi connectivity index (χ1n) is 7.56. The van der Waals surface area contributed by atoms with Gasteiger partial charge in [0.1, 0.15) is 18.3 Å². The summed E-state index contributed by atoms with van der Waals surface area (Å²) in [7, 11) is 0.984. The number of nitrogens with one attached hydrogen (secondary N) is 1. The molecule has 0 aromatic rings. The van der Waals surface area contributed by atoms with E-state index in [1.807, 2.05) is 0 Å². The Morgan fingerprint density at radius 2 is 2.12 bits per heavy atom. The maximum Gasteiger partial charge on any atom is 0.366 e. The summed E-state index contributed by atoms with van der Waals surface area (Å²) in [6.45, 7) is -0.856. The number of rotatable bonds is 7. The fourth-order valence-electron chi connectivity index (χ4n) is 2.50. The number of aliphatic hydroxyl groups is 5. The number of carbonyl (C=O) groups excluding carboxylic acids is 2. The summed E-state index contributed by atoms with van der Waals surface area (Å²) >= 11 is 0. The van der Waals surface area contributed by atoms with Gasteiger partial charge in [-0.05, 0) is 0 Å². The molecule has 1 amide bonds. The molecule has 6 N–H and O–H groups in total. The highest BCUT2D eigenvalue weighted by Gasteiger charge is 2.54. The van der Waals surface area contributed by atoms with Crippen LogP contribution in [-0.2, 0) is 19.1 Å². The van der Waals surface area contributed by atoms with E-state index in [2.05, 4.69) is 16.0 Å².